The van der Waals surface area contributed by atoms with Crippen LogP contribution >= 0.6 is 11.6 Å². The summed E-state index contributed by atoms with van der Waals surface area (Å²) < 4.78 is 0. The highest BCUT2D eigenvalue weighted by atomic mass is 35.5. The van der Waals surface area contributed by atoms with Crippen LogP contribution in [0, 0.1) is 0 Å². The smallest absolute Gasteiger partial charge is 0.147 e. The molecule has 0 spiro atoms. The molecule has 0 saturated carbocycles. The lowest BCUT2D eigenvalue weighted by atomic mass is 10.3. The number of hydrogen-bond acceptors (Lipinski definition) is 3. The quantitative estimate of drug-likeness (QED) is 0.840. The van der Waals surface area contributed by atoms with Crippen molar-refractivity contribution in [1.82, 2.24) is 4.98 Å². The number of anilines is 1. The number of pyridine rings is 1. The van der Waals surface area contributed by atoms with Crippen molar-refractivity contribution in [3.05, 3.63) is 22.8 Å². The molecule has 0 aromatic carbocycles. The summed E-state index contributed by atoms with van der Waals surface area (Å²) in [5.74, 6) is 0.851. The summed E-state index contributed by atoms with van der Waals surface area (Å²) in [7, 11) is 0. The molecule has 1 aromatic rings. The minimum absolute atomic E-state index is 0.452. The van der Waals surface area contributed by atoms with Gasteiger partial charge < -0.3 is 10.6 Å². The third-order valence-electron chi connectivity index (χ3n) is 2.27. The average molecular weight is 228 g/mol. The summed E-state index contributed by atoms with van der Waals surface area (Å²) >= 11 is 6.12. The highest BCUT2D eigenvalue weighted by Crippen LogP contribution is 2.23. The van der Waals surface area contributed by atoms with E-state index >= 15 is 0 Å². The highest BCUT2D eigenvalue weighted by molar-refractivity contribution is 6.32. The van der Waals surface area contributed by atoms with Gasteiger partial charge in [-0.2, -0.15) is 0 Å². The summed E-state index contributed by atoms with van der Waals surface area (Å²) in [5.41, 5.74) is 6.44. The van der Waals surface area contributed by atoms with Crippen molar-refractivity contribution < 1.29 is 0 Å². The standard InChI is InChI=1S/C11H18ClN3/c1-3-7-15(4-2)11-10(12)6-5-9(8-13)14-11/h5-6H,3-4,7-8,13H2,1-2H3. The second-order valence-corrected chi connectivity index (χ2v) is 3.80. The Morgan fingerprint density at radius 2 is 2.13 bits per heavy atom. The Labute approximate surface area is 96.2 Å². The third kappa shape index (κ3) is 3.08. The van der Waals surface area contributed by atoms with Gasteiger partial charge >= 0.3 is 0 Å². The van der Waals surface area contributed by atoms with Gasteiger partial charge in [0.2, 0.25) is 0 Å². The molecule has 3 nitrogen and oxygen atoms in total. The third-order valence-corrected chi connectivity index (χ3v) is 2.56. The molecule has 0 saturated heterocycles. The molecule has 1 aromatic heterocycles. The molecular weight excluding hydrogens is 210 g/mol. The average Bonchev–Trinajstić information content (AvgIpc) is 2.27. The Bertz CT molecular complexity index is 315. The lowest BCUT2D eigenvalue weighted by Crippen LogP contribution is -2.25. The number of aromatic nitrogens is 1. The van der Waals surface area contributed by atoms with E-state index in [9.17, 15) is 0 Å². The molecule has 0 amide bonds. The van der Waals surface area contributed by atoms with Crippen LogP contribution in [0.3, 0.4) is 0 Å². The molecule has 0 bridgehead atoms. The van der Waals surface area contributed by atoms with E-state index in [0.29, 0.717) is 11.6 Å². The van der Waals surface area contributed by atoms with E-state index in [1.807, 2.05) is 12.1 Å². The zero-order valence-corrected chi connectivity index (χ0v) is 10.1. The van der Waals surface area contributed by atoms with Crippen LogP contribution in [0.4, 0.5) is 5.82 Å². The van der Waals surface area contributed by atoms with Gasteiger partial charge in [-0.15, -0.1) is 0 Å². The summed E-state index contributed by atoms with van der Waals surface area (Å²) in [6.07, 6.45) is 1.08. The van der Waals surface area contributed by atoms with Crippen molar-refractivity contribution in [2.45, 2.75) is 26.8 Å². The van der Waals surface area contributed by atoms with Crippen LogP contribution in [0.25, 0.3) is 0 Å². The van der Waals surface area contributed by atoms with Gasteiger partial charge in [0.1, 0.15) is 5.82 Å². The zero-order valence-electron chi connectivity index (χ0n) is 9.33. The number of rotatable bonds is 5. The second-order valence-electron chi connectivity index (χ2n) is 3.39. The van der Waals surface area contributed by atoms with Gasteiger partial charge in [0, 0.05) is 19.6 Å². The molecule has 0 fully saturated rings. The number of nitrogens with two attached hydrogens (primary N) is 1. The molecular formula is C11H18ClN3. The van der Waals surface area contributed by atoms with Gasteiger partial charge in [0.15, 0.2) is 0 Å². The molecule has 1 heterocycles. The van der Waals surface area contributed by atoms with E-state index < -0.39 is 0 Å². The maximum absolute atomic E-state index is 6.12. The summed E-state index contributed by atoms with van der Waals surface area (Å²) in [4.78, 5) is 6.62. The summed E-state index contributed by atoms with van der Waals surface area (Å²) in [6, 6.07) is 3.73. The molecule has 15 heavy (non-hydrogen) atoms. The summed E-state index contributed by atoms with van der Waals surface area (Å²) in [6.45, 7) is 6.58. The minimum atomic E-state index is 0.452. The van der Waals surface area contributed by atoms with Crippen LogP contribution in [0.15, 0.2) is 12.1 Å². The normalized spacial score (nSPS) is 10.4. The first-order valence-corrected chi connectivity index (χ1v) is 5.71. The van der Waals surface area contributed by atoms with Crippen molar-refractivity contribution in [3.8, 4) is 0 Å². The second kappa shape index (κ2) is 5.93. The van der Waals surface area contributed by atoms with Crippen LogP contribution in [0.1, 0.15) is 26.0 Å². The molecule has 0 radical (unpaired) electrons. The van der Waals surface area contributed by atoms with Crippen LogP contribution in [0.2, 0.25) is 5.02 Å². The van der Waals surface area contributed by atoms with Crippen molar-refractivity contribution in [3.63, 3.8) is 0 Å². The Balaban J connectivity index is 2.98. The number of nitrogens with zero attached hydrogens (tertiary/aromatic N) is 2. The first-order chi connectivity index (χ1) is 7.22. The van der Waals surface area contributed by atoms with E-state index in [-0.39, 0.29) is 0 Å². The molecule has 0 aliphatic rings. The van der Waals surface area contributed by atoms with E-state index in [1.54, 1.807) is 0 Å². The number of hydrogen-bond donors (Lipinski definition) is 1. The Kier molecular flexibility index (Phi) is 4.85. The lowest BCUT2D eigenvalue weighted by molar-refractivity contribution is 0.773. The van der Waals surface area contributed by atoms with Gasteiger partial charge in [-0.05, 0) is 25.5 Å². The van der Waals surface area contributed by atoms with Gasteiger partial charge in [0.25, 0.3) is 0 Å². The van der Waals surface area contributed by atoms with Crippen LogP contribution in [-0.2, 0) is 6.54 Å². The van der Waals surface area contributed by atoms with Gasteiger partial charge in [-0.3, -0.25) is 0 Å². The summed E-state index contributed by atoms with van der Waals surface area (Å²) in [5, 5.41) is 0.697. The maximum atomic E-state index is 6.12. The molecule has 0 unspecified atom stereocenters. The maximum Gasteiger partial charge on any atom is 0.147 e. The van der Waals surface area contributed by atoms with Crippen molar-refractivity contribution in [2.24, 2.45) is 5.73 Å². The van der Waals surface area contributed by atoms with Crippen LogP contribution in [-0.4, -0.2) is 18.1 Å². The molecule has 0 aliphatic carbocycles. The molecule has 4 heteroatoms. The monoisotopic (exact) mass is 227 g/mol. The topological polar surface area (TPSA) is 42.2 Å². The Morgan fingerprint density at radius 1 is 1.40 bits per heavy atom. The van der Waals surface area contributed by atoms with Gasteiger partial charge in [0.05, 0.1) is 10.7 Å². The van der Waals surface area contributed by atoms with E-state index in [4.69, 9.17) is 17.3 Å². The molecule has 0 atom stereocenters. The molecule has 1 rings (SSSR count). The zero-order chi connectivity index (χ0) is 11.3. The van der Waals surface area contributed by atoms with Crippen LogP contribution in [0.5, 0.6) is 0 Å². The predicted molar refractivity (Wildman–Crippen MR) is 65.3 cm³/mol. The largest absolute Gasteiger partial charge is 0.356 e. The lowest BCUT2D eigenvalue weighted by Gasteiger charge is -2.22. The molecule has 84 valence electrons. The first-order valence-electron chi connectivity index (χ1n) is 5.33. The van der Waals surface area contributed by atoms with E-state index in [2.05, 4.69) is 23.7 Å². The number of halogens is 1. The minimum Gasteiger partial charge on any atom is -0.356 e. The van der Waals surface area contributed by atoms with Crippen molar-refractivity contribution in [1.29, 1.82) is 0 Å². The van der Waals surface area contributed by atoms with Crippen LogP contribution < -0.4 is 10.6 Å². The van der Waals surface area contributed by atoms with Crippen molar-refractivity contribution in [2.75, 3.05) is 18.0 Å². The van der Waals surface area contributed by atoms with Gasteiger partial charge in [-0.1, -0.05) is 18.5 Å². The van der Waals surface area contributed by atoms with E-state index in [0.717, 1.165) is 31.0 Å². The van der Waals surface area contributed by atoms with E-state index in [1.165, 1.54) is 0 Å². The Hall–Kier alpha value is -0.800. The SMILES string of the molecule is CCCN(CC)c1nc(CN)ccc1Cl. The predicted octanol–water partition coefficient (Wildman–Crippen LogP) is 2.43. The van der Waals surface area contributed by atoms with Crippen molar-refractivity contribution >= 4 is 17.4 Å². The fraction of sp³-hybridized carbons (Fsp3) is 0.545. The fourth-order valence-electron chi connectivity index (χ4n) is 1.49. The first kappa shape index (κ1) is 12.3. The molecule has 2 N–H and O–H groups in total. The Morgan fingerprint density at radius 3 is 2.67 bits per heavy atom. The van der Waals surface area contributed by atoms with Gasteiger partial charge in [-0.25, -0.2) is 4.98 Å². The highest BCUT2D eigenvalue weighted by Gasteiger charge is 2.09. The fourth-order valence-corrected chi connectivity index (χ4v) is 1.71. The molecule has 0 aliphatic heterocycles.